The molecule has 0 amide bonds. The number of carbonyl (C=O) groups is 1. The number of thioether (sulfide) groups is 1. The highest BCUT2D eigenvalue weighted by Crippen LogP contribution is 2.26. The van der Waals surface area contributed by atoms with Crippen LogP contribution in [0.4, 0.5) is 0 Å². The fourth-order valence-corrected chi connectivity index (χ4v) is 2.50. The fourth-order valence-electron chi connectivity index (χ4n) is 1.61. The van der Waals surface area contributed by atoms with E-state index in [0.29, 0.717) is 0 Å². The Balaban J connectivity index is 2.03. The number of rotatable bonds is 5. The van der Waals surface area contributed by atoms with E-state index in [1.807, 2.05) is 42.5 Å². The van der Waals surface area contributed by atoms with Crippen LogP contribution in [0.5, 0.6) is 5.75 Å². The van der Waals surface area contributed by atoms with Gasteiger partial charge >= 0.3 is 0 Å². The van der Waals surface area contributed by atoms with Crippen molar-refractivity contribution in [3.63, 3.8) is 0 Å². The molecule has 2 rings (SSSR count). The Kier molecular flexibility index (Phi) is 4.42. The lowest BCUT2D eigenvalue weighted by Crippen LogP contribution is -1.85. The van der Waals surface area contributed by atoms with Gasteiger partial charge in [0.2, 0.25) is 0 Å². The molecule has 0 spiro atoms. The van der Waals surface area contributed by atoms with E-state index >= 15 is 0 Å². The van der Waals surface area contributed by atoms with Gasteiger partial charge in [-0.15, -0.1) is 11.8 Å². The van der Waals surface area contributed by atoms with Gasteiger partial charge in [0.15, 0.2) is 0 Å². The van der Waals surface area contributed by atoms with Gasteiger partial charge in [0, 0.05) is 16.2 Å². The monoisotopic (exact) mass is 258 g/mol. The van der Waals surface area contributed by atoms with Crippen LogP contribution in [0.3, 0.4) is 0 Å². The molecule has 0 unspecified atom stereocenters. The topological polar surface area (TPSA) is 26.3 Å². The van der Waals surface area contributed by atoms with E-state index in [1.54, 1.807) is 18.9 Å². The van der Waals surface area contributed by atoms with Crippen molar-refractivity contribution in [3.8, 4) is 5.75 Å². The molecular formula is C15H14O2S. The van der Waals surface area contributed by atoms with Gasteiger partial charge in [-0.05, 0) is 29.8 Å². The molecule has 0 aliphatic heterocycles. The number of hydrogen-bond acceptors (Lipinski definition) is 3. The van der Waals surface area contributed by atoms with E-state index in [0.717, 1.165) is 33.8 Å². The van der Waals surface area contributed by atoms with Crippen LogP contribution in [0.1, 0.15) is 15.9 Å². The first kappa shape index (κ1) is 12.7. The molecule has 0 N–H and O–H groups in total. The predicted octanol–water partition coefficient (Wildman–Crippen LogP) is 3.80. The SMILES string of the molecule is COc1cccc(SCc2cccc(C=O)c2)c1. The predicted molar refractivity (Wildman–Crippen MR) is 74.4 cm³/mol. The number of aldehydes is 1. The summed E-state index contributed by atoms with van der Waals surface area (Å²) in [6.07, 6.45) is 0.875. The largest absolute Gasteiger partial charge is 0.497 e. The third-order valence-electron chi connectivity index (χ3n) is 2.53. The third-order valence-corrected chi connectivity index (χ3v) is 3.60. The Bertz CT molecular complexity index is 538. The van der Waals surface area contributed by atoms with Gasteiger partial charge in [0.1, 0.15) is 12.0 Å². The summed E-state index contributed by atoms with van der Waals surface area (Å²) in [5.74, 6) is 1.70. The van der Waals surface area contributed by atoms with Crippen LogP contribution in [0.2, 0.25) is 0 Å². The minimum Gasteiger partial charge on any atom is -0.497 e. The van der Waals surface area contributed by atoms with Gasteiger partial charge in [-0.3, -0.25) is 4.79 Å². The minimum absolute atomic E-state index is 0.721. The van der Waals surface area contributed by atoms with E-state index < -0.39 is 0 Å². The molecule has 3 heteroatoms. The summed E-state index contributed by atoms with van der Waals surface area (Å²) >= 11 is 1.73. The highest BCUT2D eigenvalue weighted by molar-refractivity contribution is 7.98. The summed E-state index contributed by atoms with van der Waals surface area (Å²) in [7, 11) is 1.66. The van der Waals surface area contributed by atoms with Crippen molar-refractivity contribution in [1.29, 1.82) is 0 Å². The molecule has 2 aromatic rings. The normalized spacial score (nSPS) is 10.1. The number of methoxy groups -OCH3 is 1. The number of hydrogen-bond donors (Lipinski definition) is 0. The molecule has 2 aromatic carbocycles. The van der Waals surface area contributed by atoms with Crippen LogP contribution in [-0.4, -0.2) is 13.4 Å². The number of benzene rings is 2. The quantitative estimate of drug-likeness (QED) is 0.602. The highest BCUT2D eigenvalue weighted by atomic mass is 32.2. The Morgan fingerprint density at radius 3 is 2.78 bits per heavy atom. The van der Waals surface area contributed by atoms with Crippen LogP contribution in [0.25, 0.3) is 0 Å². The lowest BCUT2D eigenvalue weighted by Gasteiger charge is -2.05. The standard InChI is InChI=1S/C15H14O2S/c1-17-14-6-3-7-15(9-14)18-11-13-5-2-4-12(8-13)10-16/h2-10H,11H2,1H3. The second kappa shape index (κ2) is 6.26. The molecule has 0 saturated heterocycles. The summed E-state index contributed by atoms with van der Waals surface area (Å²) in [5.41, 5.74) is 1.87. The Hall–Kier alpha value is -1.74. The van der Waals surface area contributed by atoms with Crippen LogP contribution in [-0.2, 0) is 5.75 Å². The minimum atomic E-state index is 0.721. The highest BCUT2D eigenvalue weighted by Gasteiger charge is 1.99. The zero-order valence-corrected chi connectivity index (χ0v) is 10.9. The van der Waals surface area contributed by atoms with Crippen molar-refractivity contribution >= 4 is 18.0 Å². The lowest BCUT2D eigenvalue weighted by atomic mass is 10.2. The average Bonchev–Trinajstić information content (AvgIpc) is 2.45. The van der Waals surface area contributed by atoms with E-state index in [-0.39, 0.29) is 0 Å². The summed E-state index contributed by atoms with van der Waals surface area (Å²) < 4.78 is 5.18. The van der Waals surface area contributed by atoms with Crippen LogP contribution < -0.4 is 4.74 Å². The van der Waals surface area contributed by atoms with Gasteiger partial charge in [-0.25, -0.2) is 0 Å². The maximum Gasteiger partial charge on any atom is 0.150 e. The molecule has 2 nitrogen and oxygen atoms in total. The van der Waals surface area contributed by atoms with Gasteiger partial charge in [-0.2, -0.15) is 0 Å². The maximum absolute atomic E-state index is 10.7. The summed E-state index contributed by atoms with van der Waals surface area (Å²) in [5, 5.41) is 0. The van der Waals surface area contributed by atoms with Crippen molar-refractivity contribution in [2.75, 3.05) is 7.11 Å². The van der Waals surface area contributed by atoms with Gasteiger partial charge in [-0.1, -0.05) is 24.3 Å². The molecule has 0 saturated carbocycles. The summed E-state index contributed by atoms with van der Waals surface area (Å²) in [6, 6.07) is 15.6. The molecule has 0 fully saturated rings. The number of carbonyl (C=O) groups excluding carboxylic acids is 1. The van der Waals surface area contributed by atoms with Crippen molar-refractivity contribution in [3.05, 3.63) is 59.7 Å². The zero-order chi connectivity index (χ0) is 12.8. The Labute approximate surface area is 111 Å². The number of ether oxygens (including phenoxy) is 1. The van der Waals surface area contributed by atoms with E-state index in [1.165, 1.54) is 0 Å². The van der Waals surface area contributed by atoms with Crippen molar-refractivity contribution in [2.24, 2.45) is 0 Å². The summed E-state index contributed by atoms with van der Waals surface area (Å²) in [4.78, 5) is 11.9. The first-order chi connectivity index (χ1) is 8.81. The molecule has 0 heterocycles. The van der Waals surface area contributed by atoms with Gasteiger partial charge in [0.05, 0.1) is 7.11 Å². The second-order valence-electron chi connectivity index (χ2n) is 3.83. The van der Waals surface area contributed by atoms with E-state index in [9.17, 15) is 4.79 Å². The molecular weight excluding hydrogens is 244 g/mol. The van der Waals surface area contributed by atoms with E-state index in [4.69, 9.17) is 4.74 Å². The van der Waals surface area contributed by atoms with Crippen molar-refractivity contribution in [1.82, 2.24) is 0 Å². The molecule has 0 aliphatic rings. The third kappa shape index (κ3) is 3.37. The fraction of sp³-hybridized carbons (Fsp3) is 0.133. The molecule has 0 aliphatic carbocycles. The Morgan fingerprint density at radius 2 is 2.00 bits per heavy atom. The lowest BCUT2D eigenvalue weighted by molar-refractivity contribution is 0.112. The van der Waals surface area contributed by atoms with Gasteiger partial charge in [0.25, 0.3) is 0 Å². The molecule has 18 heavy (non-hydrogen) atoms. The second-order valence-corrected chi connectivity index (χ2v) is 4.88. The molecule has 0 bridgehead atoms. The average molecular weight is 258 g/mol. The van der Waals surface area contributed by atoms with Crippen molar-refractivity contribution in [2.45, 2.75) is 10.6 Å². The van der Waals surface area contributed by atoms with Gasteiger partial charge < -0.3 is 4.74 Å². The molecule has 92 valence electrons. The molecule has 0 atom stereocenters. The first-order valence-corrected chi connectivity index (χ1v) is 6.61. The summed E-state index contributed by atoms with van der Waals surface area (Å²) in [6.45, 7) is 0. The molecule has 0 aromatic heterocycles. The van der Waals surface area contributed by atoms with Crippen LogP contribution in [0.15, 0.2) is 53.4 Å². The zero-order valence-electron chi connectivity index (χ0n) is 10.1. The Morgan fingerprint density at radius 1 is 1.17 bits per heavy atom. The van der Waals surface area contributed by atoms with E-state index in [2.05, 4.69) is 6.07 Å². The first-order valence-electron chi connectivity index (χ1n) is 5.63. The van der Waals surface area contributed by atoms with Crippen LogP contribution in [0, 0.1) is 0 Å². The van der Waals surface area contributed by atoms with Crippen LogP contribution >= 0.6 is 11.8 Å². The van der Waals surface area contributed by atoms with Crippen molar-refractivity contribution < 1.29 is 9.53 Å². The smallest absolute Gasteiger partial charge is 0.150 e. The molecule has 0 radical (unpaired) electrons. The maximum atomic E-state index is 10.7.